The minimum Gasteiger partial charge on any atom is -0.465 e. The zero-order chi connectivity index (χ0) is 22.5. The number of hydrogen-bond donors (Lipinski definition) is 1. The number of hydrogen-bond acceptors (Lipinski definition) is 6. The SMILES string of the molecule is COC(=O)c1cc(Cl)ccc1NC(=O)CSc1nc2ccccc2c(=O)n1CC(C)C. The smallest absolute Gasteiger partial charge is 0.340 e. The minimum absolute atomic E-state index is 0.00607. The molecule has 0 radical (unpaired) electrons. The topological polar surface area (TPSA) is 90.3 Å². The molecule has 162 valence electrons. The lowest BCUT2D eigenvalue weighted by atomic mass is 10.2. The van der Waals surface area contributed by atoms with Gasteiger partial charge in [0.1, 0.15) is 0 Å². The van der Waals surface area contributed by atoms with Crippen LogP contribution in [0.15, 0.2) is 52.4 Å². The molecule has 0 atom stereocenters. The molecule has 0 saturated carbocycles. The van der Waals surface area contributed by atoms with Gasteiger partial charge in [0.25, 0.3) is 5.56 Å². The van der Waals surface area contributed by atoms with Crippen molar-refractivity contribution in [2.75, 3.05) is 18.2 Å². The summed E-state index contributed by atoms with van der Waals surface area (Å²) in [5.74, 6) is -0.722. The monoisotopic (exact) mass is 459 g/mol. The highest BCUT2D eigenvalue weighted by Crippen LogP contribution is 2.23. The second-order valence-corrected chi connectivity index (χ2v) is 8.62. The molecule has 0 bridgehead atoms. The number of halogens is 1. The first-order valence-electron chi connectivity index (χ1n) is 9.60. The molecule has 0 fully saturated rings. The van der Waals surface area contributed by atoms with Crippen molar-refractivity contribution in [2.45, 2.75) is 25.5 Å². The highest BCUT2D eigenvalue weighted by molar-refractivity contribution is 7.99. The molecule has 0 saturated heterocycles. The number of thioether (sulfide) groups is 1. The Hall–Kier alpha value is -2.84. The van der Waals surface area contributed by atoms with Crippen molar-refractivity contribution in [3.63, 3.8) is 0 Å². The average molecular weight is 460 g/mol. The van der Waals surface area contributed by atoms with Gasteiger partial charge in [-0.3, -0.25) is 14.2 Å². The molecule has 3 rings (SSSR count). The molecule has 1 aromatic heterocycles. The number of para-hydroxylation sites is 1. The summed E-state index contributed by atoms with van der Waals surface area (Å²) in [5.41, 5.74) is 0.913. The fourth-order valence-corrected chi connectivity index (χ4v) is 3.99. The largest absolute Gasteiger partial charge is 0.465 e. The third kappa shape index (κ3) is 5.45. The summed E-state index contributed by atoms with van der Waals surface area (Å²) in [5, 5.41) is 4.07. The van der Waals surface area contributed by atoms with Crippen LogP contribution in [0.2, 0.25) is 5.02 Å². The first kappa shape index (κ1) is 22.8. The highest BCUT2D eigenvalue weighted by atomic mass is 35.5. The molecule has 1 amide bonds. The molecule has 0 spiro atoms. The molecule has 9 heteroatoms. The maximum Gasteiger partial charge on any atom is 0.340 e. The lowest BCUT2D eigenvalue weighted by Gasteiger charge is -2.15. The van der Waals surface area contributed by atoms with E-state index in [4.69, 9.17) is 16.3 Å². The van der Waals surface area contributed by atoms with Gasteiger partial charge in [-0.25, -0.2) is 9.78 Å². The number of carbonyl (C=O) groups is 2. The lowest BCUT2D eigenvalue weighted by molar-refractivity contribution is -0.113. The Balaban J connectivity index is 1.84. The number of anilines is 1. The van der Waals surface area contributed by atoms with Gasteiger partial charge < -0.3 is 10.1 Å². The fraction of sp³-hybridized carbons (Fsp3) is 0.273. The summed E-state index contributed by atoms with van der Waals surface area (Å²) >= 11 is 7.12. The Bertz CT molecular complexity index is 1190. The maximum absolute atomic E-state index is 13.0. The number of aromatic nitrogens is 2. The Kier molecular flexibility index (Phi) is 7.35. The van der Waals surface area contributed by atoms with E-state index >= 15 is 0 Å². The van der Waals surface area contributed by atoms with Crippen molar-refractivity contribution in [3.05, 3.63) is 63.4 Å². The van der Waals surface area contributed by atoms with Crippen molar-refractivity contribution in [3.8, 4) is 0 Å². The highest BCUT2D eigenvalue weighted by Gasteiger charge is 2.17. The third-order valence-corrected chi connectivity index (χ3v) is 5.58. The molecule has 0 aliphatic rings. The Morgan fingerprint density at radius 1 is 1.23 bits per heavy atom. The maximum atomic E-state index is 13.0. The minimum atomic E-state index is -0.604. The number of carbonyl (C=O) groups excluding carboxylic acids is 2. The van der Waals surface area contributed by atoms with Crippen LogP contribution in [0.1, 0.15) is 24.2 Å². The summed E-state index contributed by atoms with van der Waals surface area (Å²) < 4.78 is 6.35. The van der Waals surface area contributed by atoms with Crippen LogP contribution >= 0.6 is 23.4 Å². The van der Waals surface area contributed by atoms with Crippen LogP contribution in [0.3, 0.4) is 0 Å². The van der Waals surface area contributed by atoms with E-state index in [9.17, 15) is 14.4 Å². The van der Waals surface area contributed by atoms with E-state index < -0.39 is 5.97 Å². The zero-order valence-corrected chi connectivity index (χ0v) is 18.9. The second kappa shape index (κ2) is 9.98. The number of methoxy groups -OCH3 is 1. The predicted molar refractivity (Wildman–Crippen MR) is 123 cm³/mol. The average Bonchev–Trinajstić information content (AvgIpc) is 2.75. The summed E-state index contributed by atoms with van der Waals surface area (Å²) in [6.45, 7) is 4.51. The van der Waals surface area contributed by atoms with Gasteiger partial charge in [0.15, 0.2) is 5.16 Å². The van der Waals surface area contributed by atoms with Crippen LogP contribution in [-0.2, 0) is 16.1 Å². The Morgan fingerprint density at radius 3 is 2.68 bits per heavy atom. The third-order valence-electron chi connectivity index (χ3n) is 4.37. The molecule has 1 heterocycles. The first-order chi connectivity index (χ1) is 14.8. The van der Waals surface area contributed by atoms with Crippen LogP contribution in [-0.4, -0.2) is 34.3 Å². The number of nitrogens with one attached hydrogen (secondary N) is 1. The predicted octanol–water partition coefficient (Wildman–Crippen LogP) is 4.22. The fourth-order valence-electron chi connectivity index (χ4n) is 3.00. The van der Waals surface area contributed by atoms with Crippen molar-refractivity contribution in [1.29, 1.82) is 0 Å². The molecule has 2 aromatic carbocycles. The Labute approximate surface area is 188 Å². The summed E-state index contributed by atoms with van der Waals surface area (Å²) in [6, 6.07) is 11.7. The molecule has 3 aromatic rings. The number of esters is 1. The summed E-state index contributed by atoms with van der Waals surface area (Å²) in [6.07, 6.45) is 0. The van der Waals surface area contributed by atoms with E-state index in [-0.39, 0.29) is 28.7 Å². The van der Waals surface area contributed by atoms with Gasteiger partial charge in [0.2, 0.25) is 5.91 Å². The van der Waals surface area contributed by atoms with Gasteiger partial charge in [0.05, 0.1) is 35.0 Å². The molecule has 0 unspecified atom stereocenters. The standard InChI is InChI=1S/C22H22ClN3O4S/c1-13(2)11-26-20(28)15-6-4-5-7-17(15)25-22(26)31-12-19(27)24-18-9-8-14(23)10-16(18)21(29)30-3/h4-10,13H,11-12H2,1-3H3,(H,24,27). The molecular formula is C22H22ClN3O4S. The number of rotatable bonds is 7. The van der Waals surface area contributed by atoms with E-state index in [0.717, 1.165) is 0 Å². The number of fused-ring (bicyclic) bond motifs is 1. The molecular weight excluding hydrogens is 438 g/mol. The van der Waals surface area contributed by atoms with Crippen molar-refractivity contribution in [2.24, 2.45) is 5.92 Å². The first-order valence-corrected chi connectivity index (χ1v) is 11.0. The number of ether oxygens (including phenoxy) is 1. The van der Waals surface area contributed by atoms with E-state index in [1.54, 1.807) is 34.9 Å². The van der Waals surface area contributed by atoms with Crippen LogP contribution in [0, 0.1) is 5.92 Å². The van der Waals surface area contributed by atoms with E-state index in [0.29, 0.717) is 33.3 Å². The van der Waals surface area contributed by atoms with Gasteiger partial charge in [-0.2, -0.15) is 0 Å². The zero-order valence-electron chi connectivity index (χ0n) is 17.3. The van der Waals surface area contributed by atoms with Crippen molar-refractivity contribution < 1.29 is 14.3 Å². The van der Waals surface area contributed by atoms with Crippen LogP contribution in [0.5, 0.6) is 0 Å². The van der Waals surface area contributed by atoms with Gasteiger partial charge in [-0.1, -0.05) is 49.3 Å². The van der Waals surface area contributed by atoms with Gasteiger partial charge in [0, 0.05) is 11.6 Å². The van der Waals surface area contributed by atoms with Crippen molar-refractivity contribution >= 4 is 51.8 Å². The quantitative estimate of drug-likeness (QED) is 0.323. The number of amides is 1. The molecule has 1 N–H and O–H groups in total. The normalized spacial score (nSPS) is 11.0. The molecule has 31 heavy (non-hydrogen) atoms. The number of benzene rings is 2. The lowest BCUT2D eigenvalue weighted by Crippen LogP contribution is -2.26. The van der Waals surface area contributed by atoms with Crippen LogP contribution in [0.4, 0.5) is 5.69 Å². The molecule has 0 aliphatic carbocycles. The van der Waals surface area contributed by atoms with Gasteiger partial charge in [-0.05, 0) is 36.2 Å². The van der Waals surface area contributed by atoms with Crippen molar-refractivity contribution in [1.82, 2.24) is 9.55 Å². The van der Waals surface area contributed by atoms with E-state index in [2.05, 4.69) is 10.3 Å². The number of nitrogens with zero attached hydrogens (tertiary/aromatic N) is 2. The molecule has 7 nitrogen and oxygen atoms in total. The van der Waals surface area contributed by atoms with Crippen LogP contribution < -0.4 is 10.9 Å². The van der Waals surface area contributed by atoms with E-state index in [1.807, 2.05) is 19.9 Å². The van der Waals surface area contributed by atoms with Gasteiger partial charge >= 0.3 is 5.97 Å². The summed E-state index contributed by atoms with van der Waals surface area (Å²) in [4.78, 5) is 42.1. The Morgan fingerprint density at radius 2 is 1.97 bits per heavy atom. The van der Waals surface area contributed by atoms with Crippen LogP contribution in [0.25, 0.3) is 10.9 Å². The second-order valence-electron chi connectivity index (χ2n) is 7.24. The summed E-state index contributed by atoms with van der Waals surface area (Å²) in [7, 11) is 1.25. The molecule has 0 aliphatic heterocycles. The van der Waals surface area contributed by atoms with Gasteiger partial charge in [-0.15, -0.1) is 0 Å². The van der Waals surface area contributed by atoms with E-state index in [1.165, 1.54) is 24.9 Å².